The summed E-state index contributed by atoms with van der Waals surface area (Å²) in [7, 11) is 0. The molecule has 18 heteroatoms. The van der Waals surface area contributed by atoms with Gasteiger partial charge in [0.1, 0.15) is 66.9 Å². The zero-order valence-corrected chi connectivity index (χ0v) is 43.6. The molecule has 0 aromatic heterocycles. The molecule has 4 fully saturated rings. The lowest BCUT2D eigenvalue weighted by atomic mass is 9.65. The first-order valence-electron chi connectivity index (χ1n) is 25.3. The molecule has 17 nitrogen and oxygen atoms in total. The number of unbranched alkanes of at least 4 members (excludes halogenated alkanes) is 1. The number of morpholine rings is 1. The Bertz CT molecular complexity index is 3050. The van der Waals surface area contributed by atoms with Crippen LogP contribution in [-0.4, -0.2) is 101 Å². The number of aromatic hydroxyl groups is 1. The summed E-state index contributed by atoms with van der Waals surface area (Å²) in [4.78, 5) is 101. The van der Waals surface area contributed by atoms with Crippen molar-refractivity contribution in [3.05, 3.63) is 171 Å². The van der Waals surface area contributed by atoms with Gasteiger partial charge in [-0.25, -0.2) is 0 Å². The molecule has 4 N–H and O–H groups in total. The van der Waals surface area contributed by atoms with Crippen LogP contribution in [0.25, 0.3) is 0 Å². The molecule has 1 spiro atoms. The Balaban J connectivity index is 0.930. The average molecular weight is 1140 g/mol. The molecule has 5 aliphatic heterocycles. The maximum Gasteiger partial charge on any atom is 0.325 e. The second-order valence-corrected chi connectivity index (χ2v) is 20.8. The lowest BCUT2D eigenvalue weighted by Gasteiger charge is -2.46. The number of phenolic OH excluding ortho intramolecular Hbond substituents is 1. The Kier molecular flexibility index (Phi) is 15.0. The minimum absolute atomic E-state index is 0.00381. The molecule has 5 aromatic rings. The van der Waals surface area contributed by atoms with Crippen molar-refractivity contribution in [2.45, 2.75) is 80.4 Å². The van der Waals surface area contributed by atoms with Gasteiger partial charge in [-0.2, -0.15) is 0 Å². The van der Waals surface area contributed by atoms with E-state index in [1.54, 1.807) is 42.5 Å². The highest BCUT2D eigenvalue weighted by Crippen LogP contribution is 2.65. The van der Waals surface area contributed by atoms with Crippen LogP contribution in [0.3, 0.4) is 0 Å². The van der Waals surface area contributed by atoms with Crippen molar-refractivity contribution >= 4 is 69.8 Å². The fraction of sp³-hybridized carbons (Fsp3) is 0.328. The third-order valence-corrected chi connectivity index (χ3v) is 15.8. The van der Waals surface area contributed by atoms with E-state index < -0.39 is 83.4 Å². The molecule has 5 aliphatic rings. The van der Waals surface area contributed by atoms with Crippen molar-refractivity contribution in [2.75, 3.05) is 31.7 Å². The number of nitrogens with one attached hydrogen (secondary N) is 3. The Labute approximate surface area is 452 Å². The molecular formula is C58H56IN5O12. The third-order valence-electron chi connectivity index (χ3n) is 15.2. The quantitative estimate of drug-likeness (QED) is 0.0251. The van der Waals surface area contributed by atoms with Gasteiger partial charge in [-0.05, 0) is 119 Å². The average Bonchev–Trinajstić information content (AvgIpc) is 4.27. The predicted molar refractivity (Wildman–Crippen MR) is 284 cm³/mol. The molecular weight excluding hydrogens is 1090 g/mol. The van der Waals surface area contributed by atoms with Crippen LogP contribution in [0.1, 0.15) is 84.7 Å². The van der Waals surface area contributed by atoms with Gasteiger partial charge in [0.25, 0.3) is 0 Å². The summed E-state index contributed by atoms with van der Waals surface area (Å²) in [5.74, 6) is -5.33. The van der Waals surface area contributed by atoms with Gasteiger partial charge in [0.2, 0.25) is 23.6 Å². The Morgan fingerprint density at radius 2 is 1.50 bits per heavy atom. The van der Waals surface area contributed by atoms with E-state index in [9.17, 15) is 33.9 Å². The second-order valence-electron chi connectivity index (χ2n) is 19.6. The second kappa shape index (κ2) is 21.9. The van der Waals surface area contributed by atoms with Crippen LogP contribution < -0.4 is 20.7 Å². The number of rotatable bonds is 17. The normalized spacial score (nSPS) is 26.3. The lowest BCUT2D eigenvalue weighted by Crippen LogP contribution is -2.61. The van der Waals surface area contributed by atoms with Crippen molar-refractivity contribution in [3.8, 4) is 11.5 Å². The number of hydrogen-bond donors (Lipinski definition) is 4. The van der Waals surface area contributed by atoms with Gasteiger partial charge in [0.05, 0.1) is 24.0 Å². The van der Waals surface area contributed by atoms with Crippen LogP contribution in [-0.2, 0) is 53.2 Å². The maximum absolute atomic E-state index is 15.2. The minimum atomic E-state index is -1.72. The van der Waals surface area contributed by atoms with Gasteiger partial charge in [-0.3, -0.25) is 38.5 Å². The molecule has 4 amide bonds. The van der Waals surface area contributed by atoms with E-state index in [0.717, 1.165) is 14.7 Å². The molecule has 5 heterocycles. The first-order chi connectivity index (χ1) is 36.8. The summed E-state index contributed by atoms with van der Waals surface area (Å²) in [6, 6.07) is 32.1. The van der Waals surface area contributed by atoms with Crippen LogP contribution in [0.4, 0.5) is 5.69 Å². The monoisotopic (exact) mass is 1140 g/mol. The number of anilines is 1. The van der Waals surface area contributed by atoms with Crippen LogP contribution in [0.5, 0.6) is 11.5 Å². The van der Waals surface area contributed by atoms with Crippen LogP contribution in [0, 0.1) is 15.4 Å². The van der Waals surface area contributed by atoms with E-state index in [1.807, 2.05) is 77.7 Å². The zero-order valence-electron chi connectivity index (χ0n) is 41.5. The summed E-state index contributed by atoms with van der Waals surface area (Å²) in [5, 5.41) is 18.8. The number of carbonyl (C=O) groups excluding carboxylic acids is 7. The van der Waals surface area contributed by atoms with Crippen molar-refractivity contribution in [2.24, 2.45) is 11.8 Å². The van der Waals surface area contributed by atoms with Gasteiger partial charge in [0.15, 0.2) is 0 Å². The molecule has 10 rings (SSSR count). The number of ether oxygens (including phenoxy) is 4. The smallest absolute Gasteiger partial charge is 0.325 e. The number of piperazine rings is 1. The molecule has 5 aromatic carbocycles. The van der Waals surface area contributed by atoms with Crippen LogP contribution in [0.15, 0.2) is 140 Å². The number of halogens is 1. The van der Waals surface area contributed by atoms with Crippen LogP contribution in [0.2, 0.25) is 0 Å². The highest BCUT2D eigenvalue weighted by atomic mass is 127. The first kappa shape index (κ1) is 51.9. The number of phenols is 1. The van der Waals surface area contributed by atoms with E-state index >= 15 is 4.79 Å². The number of fused-ring (bicyclic) bond motifs is 4. The number of hydrogen-bond acceptors (Lipinski definition) is 13. The van der Waals surface area contributed by atoms with Gasteiger partial charge in [0, 0.05) is 22.7 Å². The van der Waals surface area contributed by atoms with Crippen molar-refractivity contribution in [1.29, 1.82) is 0 Å². The van der Waals surface area contributed by atoms with Crippen molar-refractivity contribution in [1.82, 2.24) is 20.4 Å². The molecule has 10 atom stereocenters. The van der Waals surface area contributed by atoms with Gasteiger partial charge < -0.3 is 44.9 Å². The number of nitrogens with zero attached hydrogens (tertiary/aromatic N) is 2. The number of cyclic esters (lactones) is 1. The van der Waals surface area contributed by atoms with E-state index in [-0.39, 0.29) is 49.7 Å². The summed E-state index contributed by atoms with van der Waals surface area (Å²) in [6.07, 6.45) is 2.11. The first-order valence-corrected chi connectivity index (χ1v) is 26.4. The number of carbonyl (C=O) groups is 7. The molecule has 4 saturated heterocycles. The van der Waals surface area contributed by atoms with Gasteiger partial charge in [-0.15, -0.1) is 0 Å². The fourth-order valence-electron chi connectivity index (χ4n) is 12.0. The van der Waals surface area contributed by atoms with Crippen molar-refractivity contribution < 1.29 is 57.6 Å². The topological polar surface area (TPSA) is 219 Å². The highest BCUT2D eigenvalue weighted by Gasteiger charge is 2.74. The Morgan fingerprint density at radius 3 is 2.20 bits per heavy atom. The molecule has 0 unspecified atom stereocenters. The molecule has 392 valence electrons. The van der Waals surface area contributed by atoms with Crippen LogP contribution >= 0.6 is 22.6 Å². The maximum atomic E-state index is 15.2. The molecule has 0 bridgehead atoms. The molecule has 0 aliphatic carbocycles. The minimum Gasteiger partial charge on any atom is -0.508 e. The number of esters is 3. The summed E-state index contributed by atoms with van der Waals surface area (Å²) in [6.45, 7) is 5.18. The van der Waals surface area contributed by atoms with E-state index in [4.69, 9.17) is 18.9 Å². The largest absolute Gasteiger partial charge is 0.508 e. The molecule has 76 heavy (non-hydrogen) atoms. The lowest BCUT2D eigenvalue weighted by molar-refractivity contribution is -0.180. The van der Waals surface area contributed by atoms with Gasteiger partial charge in [-0.1, -0.05) is 97.6 Å². The predicted octanol–water partition coefficient (Wildman–Crippen LogP) is 6.68. The fourth-order valence-corrected chi connectivity index (χ4v) is 12.5. The van der Waals surface area contributed by atoms with E-state index in [1.165, 1.54) is 30.0 Å². The summed E-state index contributed by atoms with van der Waals surface area (Å²) < 4.78 is 25.1. The van der Waals surface area contributed by atoms with E-state index in [2.05, 4.69) is 45.1 Å². The highest BCUT2D eigenvalue weighted by molar-refractivity contribution is 14.1. The Hall–Kier alpha value is -7.58. The number of benzene rings is 5. The Morgan fingerprint density at radius 1 is 0.816 bits per heavy atom. The van der Waals surface area contributed by atoms with Gasteiger partial charge >= 0.3 is 17.9 Å². The van der Waals surface area contributed by atoms with E-state index in [0.29, 0.717) is 53.9 Å². The standard InChI is InChI=1S/C58H56IN5O12/c1-3-28-74-55(70)46-49-56(71)76-50(36-14-8-5-9-15-36)48(34-12-6-4-7-13-34)64(49)51(58(46)42-31-38(59)21-26-43(42)62-57(58)72)37-19-24-40(25-20-37)73-29-30-75-54(69)41-32-45-52(67)61-44(16-10-11-27-60-33(2)65)53(68)63(45)47(41)35-17-22-39(66)23-18-35/h3-9,12-15,17-26,31,41,44-51,66H,1,10-11,16,27-30,32H2,2H3,(H,60,65)(H,61,67)(H,62,72)/t41-,44-,45-,46+,47-,48+,49+,50-,51-,58+/m0/s1. The molecule has 0 radical (unpaired) electrons. The zero-order chi connectivity index (χ0) is 53.3. The third kappa shape index (κ3) is 9.56. The summed E-state index contributed by atoms with van der Waals surface area (Å²) >= 11 is 2.17. The van der Waals surface area contributed by atoms with Crippen molar-refractivity contribution in [3.63, 3.8) is 0 Å². The summed E-state index contributed by atoms with van der Waals surface area (Å²) in [5.41, 5.74) is 1.98. The number of amides is 4. The molecule has 0 saturated carbocycles. The SMILES string of the molecule is C=CCOC(=O)[C@H]1[C@@H]2C(=O)O[C@@H](c3ccccc3)[C@@H](c3ccccc3)N2[C@@H](c2ccc(OCCOC(=O)[C@H]3C[C@H]4C(=O)N[C@@H](CCCCNC(C)=O)C(=O)N4[C@H]3c3ccc(O)cc3)cc2)[C@]12C(=O)Nc1ccc(I)cc12.